The summed E-state index contributed by atoms with van der Waals surface area (Å²) in [5.41, 5.74) is 13.7. The highest BCUT2D eigenvalue weighted by atomic mass is 32.2. The van der Waals surface area contributed by atoms with E-state index in [2.05, 4.69) is 20.3 Å². The molecule has 0 saturated carbocycles. The van der Waals surface area contributed by atoms with E-state index < -0.39 is 0 Å². The Morgan fingerprint density at radius 1 is 1.20 bits per heavy atom. The van der Waals surface area contributed by atoms with Crippen LogP contribution in [0.4, 0.5) is 16.2 Å². The van der Waals surface area contributed by atoms with Gasteiger partial charge in [0.25, 0.3) is 0 Å². The summed E-state index contributed by atoms with van der Waals surface area (Å²) in [5.74, 6) is 1.89. The summed E-state index contributed by atoms with van der Waals surface area (Å²) in [5, 5.41) is 7.69. The monoisotopic (exact) mass is 436 g/mol. The van der Waals surface area contributed by atoms with E-state index >= 15 is 0 Å². The van der Waals surface area contributed by atoms with Crippen molar-refractivity contribution in [3.8, 4) is 17.2 Å². The fraction of sp³-hybridized carbons (Fsp3) is 0.294. The molecule has 5 N–H and O–H groups in total. The normalized spacial score (nSPS) is 10.8. The first kappa shape index (κ1) is 21.4. The summed E-state index contributed by atoms with van der Waals surface area (Å²) in [6.07, 6.45) is 4.10. The van der Waals surface area contributed by atoms with Crippen LogP contribution in [0, 0.1) is 0 Å². The van der Waals surface area contributed by atoms with Crippen LogP contribution < -0.4 is 30.6 Å². The van der Waals surface area contributed by atoms with Gasteiger partial charge in [-0.1, -0.05) is 10.2 Å². The largest absolute Gasteiger partial charge is 0.493 e. The van der Waals surface area contributed by atoms with E-state index in [0.717, 1.165) is 11.1 Å². The lowest BCUT2D eigenvalue weighted by molar-refractivity contribution is 0.276. The summed E-state index contributed by atoms with van der Waals surface area (Å²) >= 11 is 0.663. The van der Waals surface area contributed by atoms with Crippen LogP contribution in [-0.4, -0.2) is 45.2 Å². The van der Waals surface area contributed by atoms with E-state index in [1.807, 2.05) is 12.1 Å². The maximum absolute atomic E-state index is 12.1. The Bertz CT molecular complexity index is 978. The first-order valence-electron chi connectivity index (χ1n) is 8.72. The Kier molecular flexibility index (Phi) is 7.08. The molecule has 0 amide bonds. The molecule has 11 nitrogen and oxygen atoms in total. The molecular weight excluding hydrogens is 415 g/mol. The first-order valence-corrected chi connectivity index (χ1v) is 9.50. The van der Waals surface area contributed by atoms with Crippen LogP contribution in [0.1, 0.15) is 16.8 Å². The second kappa shape index (κ2) is 9.93. The average Bonchev–Trinajstić information content (AvgIpc) is 3.18. The minimum absolute atomic E-state index is 0.120. The van der Waals surface area contributed by atoms with Crippen LogP contribution >= 0.6 is 12.1 Å². The summed E-state index contributed by atoms with van der Waals surface area (Å²) in [7, 11) is 3.08. The molecule has 0 spiro atoms. The predicted molar refractivity (Wildman–Crippen MR) is 110 cm³/mol. The minimum atomic E-state index is 0.120. The van der Waals surface area contributed by atoms with Gasteiger partial charge in [0.1, 0.15) is 5.82 Å². The highest BCUT2D eigenvalue weighted by Gasteiger charge is 2.16. The maximum Gasteiger partial charge on any atom is 0.221 e. The molecule has 0 aliphatic heterocycles. The molecule has 0 unspecified atom stereocenters. The number of aromatic nitrogens is 5. The smallest absolute Gasteiger partial charge is 0.221 e. The van der Waals surface area contributed by atoms with E-state index in [1.165, 1.54) is 9.03 Å². The number of methoxy groups -OCH3 is 2. The Labute approximate surface area is 176 Å². The number of nitrogens with one attached hydrogen (secondary N) is 1. The van der Waals surface area contributed by atoms with Crippen molar-refractivity contribution < 1.29 is 18.7 Å². The summed E-state index contributed by atoms with van der Waals surface area (Å²) in [6, 6.07) is 3.65. The zero-order valence-corrected chi connectivity index (χ0v) is 17.1. The zero-order valence-electron chi connectivity index (χ0n) is 16.3. The number of hydrogen-bond acceptors (Lipinski definition) is 11. The molecule has 30 heavy (non-hydrogen) atoms. The van der Waals surface area contributed by atoms with Gasteiger partial charge in [-0.3, -0.25) is 0 Å². The fourth-order valence-corrected chi connectivity index (χ4v) is 3.02. The summed E-state index contributed by atoms with van der Waals surface area (Å²) in [4.78, 5) is 9.38. The van der Waals surface area contributed by atoms with Crippen molar-refractivity contribution >= 4 is 23.9 Å². The third-order valence-electron chi connectivity index (χ3n) is 4.09. The van der Waals surface area contributed by atoms with E-state index in [9.17, 15) is 4.48 Å². The summed E-state index contributed by atoms with van der Waals surface area (Å²) in [6.45, 7) is 0.289. The molecule has 13 heteroatoms. The number of nitrogens with two attached hydrogens (primary N) is 2. The van der Waals surface area contributed by atoms with Crippen molar-refractivity contribution in [2.45, 2.75) is 12.8 Å². The number of rotatable bonds is 10. The molecule has 0 fully saturated rings. The van der Waals surface area contributed by atoms with Gasteiger partial charge in [0, 0.05) is 24.6 Å². The third-order valence-corrected chi connectivity index (χ3v) is 4.52. The third kappa shape index (κ3) is 5.18. The van der Waals surface area contributed by atoms with Gasteiger partial charge in [0.05, 0.1) is 44.9 Å². The number of hydrogen-bond donors (Lipinski definition) is 3. The number of benzene rings is 1. The van der Waals surface area contributed by atoms with Crippen molar-refractivity contribution in [2.75, 3.05) is 32.3 Å². The van der Waals surface area contributed by atoms with Crippen LogP contribution in [0.15, 0.2) is 24.5 Å². The Morgan fingerprint density at radius 3 is 2.57 bits per heavy atom. The molecule has 160 valence electrons. The molecule has 2 aromatic heterocycles. The summed E-state index contributed by atoms with van der Waals surface area (Å²) < 4.78 is 30.2. The van der Waals surface area contributed by atoms with Crippen LogP contribution in [-0.2, 0) is 12.8 Å². The predicted octanol–water partition coefficient (Wildman–Crippen LogP) is 1.35. The van der Waals surface area contributed by atoms with Crippen molar-refractivity contribution in [1.29, 1.82) is 0 Å². The molecular formula is C17H21FN8O3S. The van der Waals surface area contributed by atoms with Crippen molar-refractivity contribution in [3.05, 3.63) is 41.3 Å². The molecule has 0 bridgehead atoms. The van der Waals surface area contributed by atoms with Gasteiger partial charge in [0.15, 0.2) is 11.5 Å². The van der Waals surface area contributed by atoms with Crippen molar-refractivity contribution in [3.63, 3.8) is 0 Å². The molecule has 0 saturated heterocycles. The van der Waals surface area contributed by atoms with Gasteiger partial charge in [-0.15, -0.1) is 9.58 Å². The number of halogens is 1. The molecule has 1 aromatic carbocycles. The Hall–Kier alpha value is -3.32. The minimum Gasteiger partial charge on any atom is -0.493 e. The van der Waals surface area contributed by atoms with E-state index in [-0.39, 0.29) is 12.6 Å². The van der Waals surface area contributed by atoms with Crippen LogP contribution in [0.2, 0.25) is 0 Å². The van der Waals surface area contributed by atoms with Crippen LogP contribution in [0.25, 0.3) is 0 Å². The Morgan fingerprint density at radius 2 is 1.93 bits per heavy atom. The molecule has 0 aliphatic carbocycles. The second-order valence-corrected chi connectivity index (χ2v) is 6.74. The molecule has 2 heterocycles. The van der Waals surface area contributed by atoms with E-state index in [4.69, 9.17) is 25.7 Å². The average molecular weight is 436 g/mol. The number of anilines is 2. The van der Waals surface area contributed by atoms with Gasteiger partial charge in [0.2, 0.25) is 11.7 Å². The van der Waals surface area contributed by atoms with Gasteiger partial charge in [-0.2, -0.15) is 9.07 Å². The number of nitrogen functional groups attached to an aromatic ring is 2. The number of ether oxygens (including phenoxy) is 3. The first-order chi connectivity index (χ1) is 14.5. The second-order valence-electron chi connectivity index (χ2n) is 6.02. The SMILES string of the molecule is COc1cc(Cc2cnc(N)nc2N)cc(OC)c1OCCc1cn(SNF)nn1. The molecule has 0 radical (unpaired) electrons. The van der Waals surface area contributed by atoms with Crippen molar-refractivity contribution in [1.82, 2.24) is 29.3 Å². The Balaban J connectivity index is 1.73. The standard InChI is InChI=1S/C17H21FN8O3S/c1-27-13-6-10(5-11-8-21-17(20)22-16(11)19)7-14(28-2)15(13)29-4-3-12-9-26(25-23-12)30-24-18/h6-9,24H,3-5H2,1-2H3,(H4,19,20,21,22). The molecule has 0 aliphatic rings. The van der Waals surface area contributed by atoms with E-state index in [1.54, 1.807) is 26.6 Å². The maximum atomic E-state index is 12.1. The highest BCUT2D eigenvalue weighted by Crippen LogP contribution is 2.39. The quantitative estimate of drug-likeness (QED) is 0.312. The zero-order chi connectivity index (χ0) is 21.5. The number of nitrogens with zero attached hydrogens (tertiary/aromatic N) is 5. The fourth-order valence-electron chi connectivity index (χ4n) is 2.70. The molecule has 3 aromatic rings. The van der Waals surface area contributed by atoms with Gasteiger partial charge >= 0.3 is 0 Å². The van der Waals surface area contributed by atoms with Crippen molar-refractivity contribution in [2.24, 2.45) is 0 Å². The lowest BCUT2D eigenvalue weighted by Gasteiger charge is -2.16. The highest BCUT2D eigenvalue weighted by molar-refractivity contribution is 7.95. The topological polar surface area (TPSA) is 148 Å². The van der Waals surface area contributed by atoms with Gasteiger partial charge < -0.3 is 25.7 Å². The lowest BCUT2D eigenvalue weighted by atomic mass is 10.1. The van der Waals surface area contributed by atoms with E-state index in [0.29, 0.717) is 53.7 Å². The van der Waals surface area contributed by atoms with Gasteiger partial charge in [-0.25, -0.2) is 4.98 Å². The van der Waals surface area contributed by atoms with Crippen LogP contribution in [0.3, 0.4) is 0 Å². The van der Waals surface area contributed by atoms with Crippen LogP contribution in [0.5, 0.6) is 17.2 Å². The van der Waals surface area contributed by atoms with Gasteiger partial charge in [-0.05, 0) is 17.7 Å². The molecule has 3 rings (SSSR count). The lowest BCUT2D eigenvalue weighted by Crippen LogP contribution is -2.06. The molecule has 0 atom stereocenters.